The van der Waals surface area contributed by atoms with E-state index in [1.807, 2.05) is 25.1 Å². The predicted octanol–water partition coefficient (Wildman–Crippen LogP) is 4.35. The zero-order chi connectivity index (χ0) is 23.5. The summed E-state index contributed by atoms with van der Waals surface area (Å²) < 4.78 is 5.52. The van der Waals surface area contributed by atoms with Gasteiger partial charge in [0.1, 0.15) is 5.82 Å². The van der Waals surface area contributed by atoms with Crippen LogP contribution in [0.5, 0.6) is 0 Å². The second kappa shape index (κ2) is 9.30. The molecule has 34 heavy (non-hydrogen) atoms. The molecule has 0 bridgehead atoms. The average molecular weight is 457 g/mol. The molecular formula is C25H24N6O3. The van der Waals surface area contributed by atoms with E-state index in [1.54, 1.807) is 35.4 Å². The van der Waals surface area contributed by atoms with Crippen LogP contribution in [0.15, 0.2) is 71.4 Å². The highest BCUT2D eigenvalue weighted by atomic mass is 16.4. The van der Waals surface area contributed by atoms with Gasteiger partial charge in [0.15, 0.2) is 12.2 Å². The molecule has 2 aromatic heterocycles. The lowest BCUT2D eigenvalue weighted by molar-refractivity contribution is -0.114. The Morgan fingerprint density at radius 3 is 2.68 bits per heavy atom. The molecule has 2 N–H and O–H groups in total. The van der Waals surface area contributed by atoms with E-state index in [-0.39, 0.29) is 11.7 Å². The van der Waals surface area contributed by atoms with Crippen molar-refractivity contribution in [2.45, 2.75) is 38.6 Å². The summed E-state index contributed by atoms with van der Waals surface area (Å²) in [5, 5.41) is 6.20. The van der Waals surface area contributed by atoms with E-state index >= 15 is 0 Å². The van der Waals surface area contributed by atoms with Gasteiger partial charge >= 0.3 is 0 Å². The second-order valence-electron chi connectivity index (χ2n) is 8.29. The topological polar surface area (TPSA) is 113 Å². The minimum atomic E-state index is -0.0627. The van der Waals surface area contributed by atoms with Gasteiger partial charge in [0.05, 0.1) is 11.9 Å². The van der Waals surface area contributed by atoms with Crippen molar-refractivity contribution in [1.82, 2.24) is 20.3 Å². The standard InChI is InChI=1S/C25H24N6O3/c1-16-13-27-25(29-19-11-9-17(10-12-19)24(33)28-18-5-4-6-18)30-23(16)31(22-14-26-15-34-22)20-7-2-3-8-21(20)32/h2-3,7,9-15,18H,4-6,8H2,1H3,(H,28,33)(H,27,29,30). The number of amides is 1. The number of ketones is 1. The van der Waals surface area contributed by atoms with Crippen LogP contribution >= 0.6 is 0 Å². The van der Waals surface area contributed by atoms with Gasteiger partial charge in [-0.3, -0.25) is 14.5 Å². The quantitative estimate of drug-likeness (QED) is 0.539. The van der Waals surface area contributed by atoms with Crippen LogP contribution in [-0.4, -0.2) is 32.7 Å². The molecule has 172 valence electrons. The normalized spacial score (nSPS) is 15.4. The third-order valence-corrected chi connectivity index (χ3v) is 5.86. The van der Waals surface area contributed by atoms with Crippen molar-refractivity contribution in [1.29, 1.82) is 0 Å². The van der Waals surface area contributed by atoms with Crippen LogP contribution in [0, 0.1) is 6.92 Å². The molecule has 5 rings (SSSR count). The minimum Gasteiger partial charge on any atom is -0.427 e. The van der Waals surface area contributed by atoms with E-state index in [0.717, 1.165) is 24.1 Å². The number of benzene rings is 1. The van der Waals surface area contributed by atoms with Gasteiger partial charge in [-0.2, -0.15) is 4.98 Å². The Bertz CT molecular complexity index is 1260. The van der Waals surface area contributed by atoms with E-state index in [4.69, 9.17) is 4.42 Å². The molecule has 2 aliphatic carbocycles. The third kappa shape index (κ3) is 4.45. The molecule has 1 aromatic carbocycles. The Hall–Kier alpha value is -4.27. The number of oxazole rings is 1. The van der Waals surface area contributed by atoms with Crippen LogP contribution in [0.3, 0.4) is 0 Å². The molecule has 0 unspecified atom stereocenters. The molecule has 0 saturated heterocycles. The first kappa shape index (κ1) is 21.6. The Balaban J connectivity index is 1.39. The number of carbonyl (C=O) groups excluding carboxylic acids is 2. The van der Waals surface area contributed by atoms with Crippen LogP contribution in [0.2, 0.25) is 0 Å². The Kier molecular flexibility index (Phi) is 5.90. The number of allylic oxidation sites excluding steroid dienone is 4. The zero-order valence-electron chi connectivity index (χ0n) is 18.7. The number of aryl methyl sites for hydroxylation is 1. The fraction of sp³-hybridized carbons (Fsp3) is 0.240. The summed E-state index contributed by atoms with van der Waals surface area (Å²) in [6.07, 6.45) is 13.5. The summed E-state index contributed by atoms with van der Waals surface area (Å²) in [7, 11) is 0. The van der Waals surface area contributed by atoms with Gasteiger partial charge in [-0.1, -0.05) is 12.2 Å². The lowest BCUT2D eigenvalue weighted by Gasteiger charge is -2.26. The fourth-order valence-corrected chi connectivity index (χ4v) is 3.76. The molecule has 0 aliphatic heterocycles. The van der Waals surface area contributed by atoms with Gasteiger partial charge in [-0.15, -0.1) is 0 Å². The molecule has 1 amide bonds. The first-order valence-corrected chi connectivity index (χ1v) is 11.2. The molecule has 1 fully saturated rings. The summed E-state index contributed by atoms with van der Waals surface area (Å²) in [6.45, 7) is 1.86. The van der Waals surface area contributed by atoms with Gasteiger partial charge in [0.25, 0.3) is 5.91 Å². The molecular weight excluding hydrogens is 432 g/mol. The number of aromatic nitrogens is 3. The van der Waals surface area contributed by atoms with Crippen molar-refractivity contribution in [2.24, 2.45) is 0 Å². The number of anilines is 4. The molecule has 0 atom stereocenters. The molecule has 3 aromatic rings. The molecule has 2 aliphatic rings. The summed E-state index contributed by atoms with van der Waals surface area (Å²) in [5.74, 6) is 1.11. The van der Waals surface area contributed by atoms with E-state index < -0.39 is 0 Å². The van der Waals surface area contributed by atoms with Crippen LogP contribution in [0.25, 0.3) is 0 Å². The van der Waals surface area contributed by atoms with Gasteiger partial charge in [0.2, 0.25) is 11.8 Å². The predicted molar refractivity (Wildman–Crippen MR) is 127 cm³/mol. The molecule has 1 saturated carbocycles. The van der Waals surface area contributed by atoms with Gasteiger partial charge < -0.3 is 15.1 Å². The highest BCUT2D eigenvalue weighted by Crippen LogP contribution is 2.33. The maximum absolute atomic E-state index is 12.7. The highest BCUT2D eigenvalue weighted by Gasteiger charge is 2.26. The van der Waals surface area contributed by atoms with Gasteiger partial charge in [-0.25, -0.2) is 9.97 Å². The lowest BCUT2D eigenvalue weighted by atomic mass is 9.93. The van der Waals surface area contributed by atoms with Crippen LogP contribution in [0.1, 0.15) is 41.6 Å². The van der Waals surface area contributed by atoms with Crippen LogP contribution < -0.4 is 15.5 Å². The third-order valence-electron chi connectivity index (χ3n) is 5.86. The van der Waals surface area contributed by atoms with Crippen molar-refractivity contribution in [2.75, 3.05) is 10.2 Å². The molecule has 0 radical (unpaired) electrons. The highest BCUT2D eigenvalue weighted by molar-refractivity contribution is 6.02. The fourth-order valence-electron chi connectivity index (χ4n) is 3.76. The average Bonchev–Trinajstić information content (AvgIpc) is 3.34. The number of hydrogen-bond acceptors (Lipinski definition) is 8. The summed E-state index contributed by atoms with van der Waals surface area (Å²) in [4.78, 5) is 39.7. The van der Waals surface area contributed by atoms with E-state index in [2.05, 4.69) is 25.6 Å². The first-order valence-electron chi connectivity index (χ1n) is 11.2. The number of nitrogens with zero attached hydrogens (tertiary/aromatic N) is 4. The minimum absolute atomic E-state index is 0.0535. The van der Waals surface area contributed by atoms with E-state index in [9.17, 15) is 9.59 Å². The number of nitrogens with one attached hydrogen (secondary N) is 2. The smallest absolute Gasteiger partial charge is 0.251 e. The monoisotopic (exact) mass is 456 g/mol. The second-order valence-corrected chi connectivity index (χ2v) is 8.29. The van der Waals surface area contributed by atoms with Gasteiger partial charge in [-0.05, 0) is 56.5 Å². The zero-order valence-corrected chi connectivity index (χ0v) is 18.7. The van der Waals surface area contributed by atoms with Crippen LogP contribution in [-0.2, 0) is 4.79 Å². The number of Topliss-reactive ketones (excluding diaryl/α,β-unsaturated/α-hetero) is 1. The van der Waals surface area contributed by atoms with Gasteiger partial charge in [0, 0.05) is 35.5 Å². The van der Waals surface area contributed by atoms with Crippen LogP contribution in [0.4, 0.5) is 23.3 Å². The maximum Gasteiger partial charge on any atom is 0.251 e. The molecule has 0 spiro atoms. The van der Waals surface area contributed by atoms with Crippen molar-refractivity contribution < 1.29 is 14.0 Å². The molecule has 9 heteroatoms. The lowest BCUT2D eigenvalue weighted by Crippen LogP contribution is -2.39. The van der Waals surface area contributed by atoms with Crippen molar-refractivity contribution in [3.05, 3.63) is 78.1 Å². The number of rotatable bonds is 7. The SMILES string of the molecule is Cc1cnc(Nc2ccc(C(=O)NC3CCC3)cc2)nc1N(C1=CC=CCC1=O)c1cnco1. The summed E-state index contributed by atoms with van der Waals surface area (Å²) in [5.41, 5.74) is 2.54. The maximum atomic E-state index is 12.7. The Morgan fingerprint density at radius 2 is 2.00 bits per heavy atom. The Labute approximate surface area is 196 Å². The summed E-state index contributed by atoms with van der Waals surface area (Å²) >= 11 is 0. The van der Waals surface area contributed by atoms with Crippen molar-refractivity contribution in [3.8, 4) is 0 Å². The van der Waals surface area contributed by atoms with E-state index in [0.29, 0.717) is 41.4 Å². The molecule has 9 nitrogen and oxygen atoms in total. The van der Waals surface area contributed by atoms with Crippen molar-refractivity contribution >= 4 is 35.0 Å². The largest absolute Gasteiger partial charge is 0.427 e. The summed E-state index contributed by atoms with van der Waals surface area (Å²) in [6, 6.07) is 7.45. The molecule has 2 heterocycles. The first-order chi connectivity index (χ1) is 16.6. The van der Waals surface area contributed by atoms with Crippen molar-refractivity contribution in [3.63, 3.8) is 0 Å². The number of hydrogen-bond donors (Lipinski definition) is 2. The number of carbonyl (C=O) groups is 2. The van der Waals surface area contributed by atoms with E-state index in [1.165, 1.54) is 19.0 Å². The Morgan fingerprint density at radius 1 is 1.18 bits per heavy atom.